The molecule has 0 unspecified atom stereocenters. The molecule has 0 atom stereocenters. The van der Waals surface area contributed by atoms with E-state index in [1.54, 1.807) is 12.1 Å². The standard InChI is InChI=1S/C27H27N3O7/c1-17-12-21(18(2)29(17)19-7-9-25-26(14-19)37-16-36-25)24(31)15-35-27(32)22-13-20(30(33)34)6-8-23(22)28-10-4-3-5-11-28/h6-9,12-14H,3-5,10-11,15-16H2,1-2H3. The van der Waals surface area contributed by atoms with Crippen molar-refractivity contribution in [2.45, 2.75) is 33.1 Å². The van der Waals surface area contributed by atoms with Gasteiger partial charge in [-0.2, -0.15) is 0 Å². The highest BCUT2D eigenvalue weighted by Gasteiger charge is 2.25. The van der Waals surface area contributed by atoms with Crippen LogP contribution in [-0.4, -0.2) is 47.7 Å². The second kappa shape index (κ2) is 9.96. The third-order valence-corrected chi connectivity index (χ3v) is 6.79. The minimum atomic E-state index is -0.762. The van der Waals surface area contributed by atoms with E-state index in [1.165, 1.54) is 12.1 Å². The van der Waals surface area contributed by atoms with Gasteiger partial charge in [-0.1, -0.05) is 0 Å². The van der Waals surface area contributed by atoms with Gasteiger partial charge in [-0.05, 0) is 57.4 Å². The van der Waals surface area contributed by atoms with Gasteiger partial charge in [0.2, 0.25) is 12.6 Å². The average molecular weight is 506 g/mol. The van der Waals surface area contributed by atoms with Crippen LogP contribution in [0.2, 0.25) is 0 Å². The molecule has 1 fully saturated rings. The fraction of sp³-hybridized carbons (Fsp3) is 0.333. The number of ketones is 1. The Bertz CT molecular complexity index is 1390. The SMILES string of the molecule is Cc1cc(C(=O)COC(=O)c2cc([N+](=O)[O-])ccc2N2CCCCC2)c(C)n1-c1ccc2c(c1)OCO2. The first-order chi connectivity index (χ1) is 17.8. The second-order valence-corrected chi connectivity index (χ2v) is 9.16. The zero-order chi connectivity index (χ0) is 26.1. The molecule has 3 aromatic rings. The van der Waals surface area contributed by atoms with Gasteiger partial charge < -0.3 is 23.7 Å². The molecule has 192 valence electrons. The lowest BCUT2D eigenvalue weighted by molar-refractivity contribution is -0.384. The van der Waals surface area contributed by atoms with Gasteiger partial charge in [-0.3, -0.25) is 14.9 Å². The Morgan fingerprint density at radius 3 is 2.49 bits per heavy atom. The van der Waals surface area contributed by atoms with Crippen LogP contribution in [0, 0.1) is 24.0 Å². The number of carbonyl (C=O) groups excluding carboxylic acids is 2. The third-order valence-electron chi connectivity index (χ3n) is 6.79. The molecular formula is C27H27N3O7. The molecule has 0 bridgehead atoms. The van der Waals surface area contributed by atoms with Crippen molar-refractivity contribution >= 4 is 23.1 Å². The van der Waals surface area contributed by atoms with Crippen LogP contribution >= 0.6 is 0 Å². The highest BCUT2D eigenvalue weighted by molar-refractivity contribution is 6.02. The number of nitrogens with zero attached hydrogens (tertiary/aromatic N) is 3. The number of aryl methyl sites for hydroxylation is 1. The van der Waals surface area contributed by atoms with Crippen LogP contribution in [0.1, 0.15) is 51.4 Å². The van der Waals surface area contributed by atoms with E-state index in [1.807, 2.05) is 41.5 Å². The van der Waals surface area contributed by atoms with Crippen LogP contribution in [0.4, 0.5) is 11.4 Å². The summed E-state index contributed by atoms with van der Waals surface area (Å²) >= 11 is 0. The van der Waals surface area contributed by atoms with Crippen molar-refractivity contribution in [1.82, 2.24) is 4.57 Å². The first kappa shape index (κ1) is 24.4. The van der Waals surface area contributed by atoms with Crippen molar-refractivity contribution in [3.05, 3.63) is 75.1 Å². The fourth-order valence-electron chi connectivity index (χ4n) is 4.96. The molecule has 2 aromatic carbocycles. The van der Waals surface area contributed by atoms with Crippen molar-refractivity contribution in [3.8, 4) is 17.2 Å². The molecule has 3 heterocycles. The number of piperidine rings is 1. The van der Waals surface area contributed by atoms with Crippen molar-refractivity contribution in [1.29, 1.82) is 0 Å². The number of anilines is 1. The number of nitro groups is 1. The molecule has 0 radical (unpaired) electrons. The predicted molar refractivity (Wildman–Crippen MR) is 135 cm³/mol. The summed E-state index contributed by atoms with van der Waals surface area (Å²) in [7, 11) is 0. The van der Waals surface area contributed by atoms with Crippen LogP contribution in [0.15, 0.2) is 42.5 Å². The van der Waals surface area contributed by atoms with Gasteiger partial charge in [0.1, 0.15) is 0 Å². The van der Waals surface area contributed by atoms with Crippen molar-refractivity contribution in [3.63, 3.8) is 0 Å². The molecule has 10 nitrogen and oxygen atoms in total. The van der Waals surface area contributed by atoms with Gasteiger partial charge in [0.05, 0.1) is 16.2 Å². The van der Waals surface area contributed by atoms with E-state index in [-0.39, 0.29) is 23.8 Å². The molecule has 0 N–H and O–H groups in total. The highest BCUT2D eigenvalue weighted by Crippen LogP contribution is 2.35. The molecule has 1 saturated heterocycles. The van der Waals surface area contributed by atoms with Gasteiger partial charge in [0.15, 0.2) is 18.1 Å². The summed E-state index contributed by atoms with van der Waals surface area (Å²) in [4.78, 5) is 39.0. The summed E-state index contributed by atoms with van der Waals surface area (Å²) in [5.41, 5.74) is 3.25. The van der Waals surface area contributed by atoms with E-state index >= 15 is 0 Å². The van der Waals surface area contributed by atoms with Crippen molar-refractivity contribution in [2.75, 3.05) is 31.4 Å². The number of hydrogen-bond donors (Lipinski definition) is 0. The fourth-order valence-corrected chi connectivity index (χ4v) is 4.96. The Hall–Kier alpha value is -4.34. The summed E-state index contributed by atoms with van der Waals surface area (Å²) in [6.07, 6.45) is 3.05. The van der Waals surface area contributed by atoms with E-state index in [0.29, 0.717) is 28.4 Å². The van der Waals surface area contributed by atoms with E-state index in [0.717, 1.165) is 43.7 Å². The van der Waals surface area contributed by atoms with Gasteiger partial charge in [0, 0.05) is 53.9 Å². The zero-order valence-corrected chi connectivity index (χ0v) is 20.7. The Labute approximate surface area is 213 Å². The summed E-state index contributed by atoms with van der Waals surface area (Å²) in [6, 6.07) is 11.5. The summed E-state index contributed by atoms with van der Waals surface area (Å²) in [5, 5.41) is 11.3. The molecule has 2 aliphatic heterocycles. The molecule has 0 amide bonds. The highest BCUT2D eigenvalue weighted by atomic mass is 16.7. The predicted octanol–water partition coefficient (Wildman–Crippen LogP) is 4.76. The Morgan fingerprint density at radius 2 is 1.73 bits per heavy atom. The molecular weight excluding hydrogens is 478 g/mol. The molecule has 37 heavy (non-hydrogen) atoms. The minimum absolute atomic E-state index is 0.0923. The quantitative estimate of drug-likeness (QED) is 0.195. The van der Waals surface area contributed by atoms with E-state index < -0.39 is 17.5 Å². The zero-order valence-electron chi connectivity index (χ0n) is 20.7. The van der Waals surface area contributed by atoms with Crippen LogP contribution in [0.25, 0.3) is 5.69 Å². The lowest BCUT2D eigenvalue weighted by atomic mass is 10.1. The number of fused-ring (bicyclic) bond motifs is 1. The molecule has 5 rings (SSSR count). The number of benzene rings is 2. The summed E-state index contributed by atoms with van der Waals surface area (Å²) in [6.45, 7) is 4.90. The number of esters is 1. The third kappa shape index (κ3) is 4.74. The maximum absolute atomic E-state index is 13.1. The number of carbonyl (C=O) groups is 2. The van der Waals surface area contributed by atoms with Gasteiger partial charge in [-0.25, -0.2) is 4.79 Å². The van der Waals surface area contributed by atoms with Crippen molar-refractivity contribution in [2.24, 2.45) is 0 Å². The van der Waals surface area contributed by atoms with Crippen LogP contribution in [-0.2, 0) is 4.74 Å². The number of non-ortho nitro benzene ring substituents is 1. The number of aromatic nitrogens is 1. The van der Waals surface area contributed by atoms with Gasteiger partial charge in [0.25, 0.3) is 5.69 Å². The van der Waals surface area contributed by atoms with E-state index in [2.05, 4.69) is 0 Å². The monoisotopic (exact) mass is 505 g/mol. The number of rotatable bonds is 7. The molecule has 0 spiro atoms. The van der Waals surface area contributed by atoms with E-state index in [4.69, 9.17) is 14.2 Å². The number of Topliss-reactive ketones (excluding diaryl/α,β-unsaturated/α-hetero) is 1. The minimum Gasteiger partial charge on any atom is -0.454 e. The van der Waals surface area contributed by atoms with Gasteiger partial charge in [-0.15, -0.1) is 0 Å². The number of ether oxygens (including phenoxy) is 3. The molecule has 0 saturated carbocycles. The molecule has 0 aliphatic carbocycles. The number of hydrogen-bond acceptors (Lipinski definition) is 8. The molecule has 2 aliphatic rings. The Kier molecular flexibility index (Phi) is 6.56. The van der Waals surface area contributed by atoms with Gasteiger partial charge >= 0.3 is 5.97 Å². The van der Waals surface area contributed by atoms with E-state index in [9.17, 15) is 19.7 Å². The Morgan fingerprint density at radius 1 is 0.973 bits per heavy atom. The first-order valence-electron chi connectivity index (χ1n) is 12.2. The lowest BCUT2D eigenvalue weighted by Gasteiger charge is -2.30. The molecule has 1 aromatic heterocycles. The Balaban J connectivity index is 1.35. The lowest BCUT2D eigenvalue weighted by Crippen LogP contribution is -2.31. The smallest absolute Gasteiger partial charge is 0.340 e. The normalized spacial score (nSPS) is 14.5. The second-order valence-electron chi connectivity index (χ2n) is 9.16. The maximum atomic E-state index is 13.1. The average Bonchev–Trinajstić information content (AvgIpc) is 3.50. The first-order valence-corrected chi connectivity index (χ1v) is 12.2. The summed E-state index contributed by atoms with van der Waals surface area (Å²) < 4.78 is 18.2. The van der Waals surface area contributed by atoms with Crippen LogP contribution < -0.4 is 14.4 Å². The maximum Gasteiger partial charge on any atom is 0.340 e. The molecule has 10 heteroatoms. The van der Waals surface area contributed by atoms with Crippen LogP contribution in [0.3, 0.4) is 0 Å². The topological polar surface area (TPSA) is 113 Å². The van der Waals surface area contributed by atoms with Crippen LogP contribution in [0.5, 0.6) is 11.5 Å². The summed E-state index contributed by atoms with van der Waals surface area (Å²) in [5.74, 6) is 0.174. The largest absolute Gasteiger partial charge is 0.454 e. The number of nitro benzene ring substituents is 1. The van der Waals surface area contributed by atoms with Crippen molar-refractivity contribution < 1.29 is 28.7 Å².